The molecule has 0 aromatic heterocycles. The molecule has 0 radical (unpaired) electrons. The number of aliphatic hydroxyl groups is 1. The number of hydrogen-bond donors (Lipinski definition) is 4. The van der Waals surface area contributed by atoms with Crippen LogP contribution in [0, 0.1) is 0 Å². The first-order valence-corrected chi connectivity index (χ1v) is 9.92. The van der Waals surface area contributed by atoms with Gasteiger partial charge in [-0.3, -0.25) is 0 Å². The second-order valence-electron chi connectivity index (χ2n) is 6.05. The molecule has 0 bridgehead atoms. The molecule has 3 rings (SSSR count). The molecule has 7 heteroatoms. The van der Waals surface area contributed by atoms with Crippen LogP contribution in [0.4, 0.5) is 17.1 Å². The summed E-state index contributed by atoms with van der Waals surface area (Å²) in [6.45, 7) is 0.192. The zero-order valence-electron chi connectivity index (χ0n) is 14.6. The molecule has 3 aromatic rings. The van der Waals surface area contributed by atoms with Crippen molar-refractivity contribution in [1.82, 2.24) is 0 Å². The second-order valence-corrected chi connectivity index (χ2v) is 7.58. The third kappa shape index (κ3) is 4.85. The van der Waals surface area contributed by atoms with E-state index >= 15 is 0 Å². The van der Waals surface area contributed by atoms with Crippen LogP contribution in [-0.2, 0) is 23.2 Å². The summed E-state index contributed by atoms with van der Waals surface area (Å²) in [6.07, 6.45) is 0. The third-order valence-electron chi connectivity index (χ3n) is 4.02. The zero-order valence-corrected chi connectivity index (χ0v) is 15.4. The molecule has 0 unspecified atom stereocenters. The maximum absolute atomic E-state index is 12.2. The van der Waals surface area contributed by atoms with E-state index in [1.807, 2.05) is 60.7 Å². The van der Waals surface area contributed by atoms with Crippen LogP contribution in [0.5, 0.6) is 0 Å². The van der Waals surface area contributed by atoms with Gasteiger partial charge in [0.05, 0.1) is 18.0 Å². The highest BCUT2D eigenvalue weighted by Crippen LogP contribution is 2.34. The standard InChI is InChI=1S/C20H21N3O3S/c21-27(25,26)19-12-16(14-24)11-18(22-13-15-7-3-1-4-8-15)20(19)23-17-9-5-2-6-10-17/h1-12,22-24H,13-14H2,(H2,21,25,26). The van der Waals surface area contributed by atoms with Crippen LogP contribution in [-0.4, -0.2) is 13.5 Å². The number of benzene rings is 3. The lowest BCUT2D eigenvalue weighted by molar-refractivity contribution is 0.281. The van der Waals surface area contributed by atoms with E-state index in [0.29, 0.717) is 23.5 Å². The predicted molar refractivity (Wildman–Crippen MR) is 107 cm³/mol. The molecule has 6 nitrogen and oxygen atoms in total. The van der Waals surface area contributed by atoms with Gasteiger partial charge in [0.2, 0.25) is 10.0 Å². The Morgan fingerprint density at radius 1 is 0.889 bits per heavy atom. The number of para-hydroxylation sites is 1. The first kappa shape index (κ1) is 18.9. The van der Waals surface area contributed by atoms with Gasteiger partial charge >= 0.3 is 0 Å². The number of nitrogens with one attached hydrogen (secondary N) is 2. The van der Waals surface area contributed by atoms with Gasteiger partial charge in [0.15, 0.2) is 0 Å². The molecular formula is C20H21N3O3S. The summed E-state index contributed by atoms with van der Waals surface area (Å²) in [6, 6.07) is 22.0. The highest BCUT2D eigenvalue weighted by Gasteiger charge is 2.19. The summed E-state index contributed by atoms with van der Waals surface area (Å²) >= 11 is 0. The van der Waals surface area contributed by atoms with E-state index in [4.69, 9.17) is 5.14 Å². The number of nitrogens with two attached hydrogens (primary N) is 1. The number of hydrogen-bond acceptors (Lipinski definition) is 5. The van der Waals surface area contributed by atoms with E-state index in [1.165, 1.54) is 6.07 Å². The number of aliphatic hydroxyl groups excluding tert-OH is 1. The highest BCUT2D eigenvalue weighted by atomic mass is 32.2. The Hall–Kier alpha value is -2.87. The van der Waals surface area contributed by atoms with Crippen LogP contribution in [0.1, 0.15) is 11.1 Å². The van der Waals surface area contributed by atoms with E-state index in [9.17, 15) is 13.5 Å². The first-order valence-electron chi connectivity index (χ1n) is 8.38. The molecule has 5 N–H and O–H groups in total. The molecule has 0 saturated carbocycles. The van der Waals surface area contributed by atoms with Crippen molar-refractivity contribution in [2.75, 3.05) is 10.6 Å². The average molecular weight is 383 g/mol. The summed E-state index contributed by atoms with van der Waals surface area (Å²) in [5.41, 5.74) is 3.10. The normalized spacial score (nSPS) is 11.2. The first-order chi connectivity index (χ1) is 13.0. The number of sulfonamides is 1. The predicted octanol–water partition coefficient (Wildman–Crippen LogP) is 3.18. The van der Waals surface area contributed by atoms with Gasteiger partial charge in [0.1, 0.15) is 4.90 Å². The quantitative estimate of drug-likeness (QED) is 0.502. The number of anilines is 3. The Kier molecular flexibility index (Phi) is 5.75. The van der Waals surface area contributed by atoms with Gasteiger partial charge in [-0.25, -0.2) is 13.6 Å². The van der Waals surface area contributed by atoms with Crippen molar-refractivity contribution in [2.24, 2.45) is 5.14 Å². The molecule has 27 heavy (non-hydrogen) atoms. The van der Waals surface area contributed by atoms with Gasteiger partial charge in [-0.05, 0) is 35.4 Å². The summed E-state index contributed by atoms with van der Waals surface area (Å²) in [7, 11) is -4.01. The molecule has 0 amide bonds. The fraction of sp³-hybridized carbons (Fsp3) is 0.100. The Bertz CT molecular complexity index is 1010. The number of rotatable bonds is 7. The van der Waals surface area contributed by atoms with Crippen molar-refractivity contribution >= 4 is 27.1 Å². The van der Waals surface area contributed by atoms with Crippen LogP contribution in [0.3, 0.4) is 0 Å². The van der Waals surface area contributed by atoms with Crippen LogP contribution < -0.4 is 15.8 Å². The smallest absolute Gasteiger partial charge is 0.240 e. The molecule has 0 fully saturated rings. The molecule has 0 heterocycles. The maximum Gasteiger partial charge on any atom is 0.240 e. The summed E-state index contributed by atoms with van der Waals surface area (Å²) < 4.78 is 24.3. The molecule has 0 aliphatic heterocycles. The average Bonchev–Trinajstić information content (AvgIpc) is 2.67. The third-order valence-corrected chi connectivity index (χ3v) is 4.95. The van der Waals surface area contributed by atoms with Crippen LogP contribution in [0.25, 0.3) is 0 Å². The minimum absolute atomic E-state index is 0.0755. The van der Waals surface area contributed by atoms with Crippen molar-refractivity contribution in [3.63, 3.8) is 0 Å². The minimum Gasteiger partial charge on any atom is -0.392 e. The second kappa shape index (κ2) is 8.22. The fourth-order valence-corrected chi connectivity index (χ4v) is 3.48. The van der Waals surface area contributed by atoms with Gasteiger partial charge < -0.3 is 15.7 Å². The van der Waals surface area contributed by atoms with Gasteiger partial charge in [-0.2, -0.15) is 0 Å². The van der Waals surface area contributed by atoms with Crippen molar-refractivity contribution < 1.29 is 13.5 Å². The van der Waals surface area contributed by atoms with Crippen molar-refractivity contribution in [1.29, 1.82) is 0 Å². The Morgan fingerprint density at radius 2 is 1.52 bits per heavy atom. The summed E-state index contributed by atoms with van der Waals surface area (Å²) in [5.74, 6) is 0. The molecule has 140 valence electrons. The van der Waals surface area contributed by atoms with E-state index < -0.39 is 10.0 Å². The molecule has 0 atom stereocenters. The SMILES string of the molecule is NS(=O)(=O)c1cc(CO)cc(NCc2ccccc2)c1Nc1ccccc1. The molecule has 0 aliphatic carbocycles. The molecular weight excluding hydrogens is 362 g/mol. The maximum atomic E-state index is 12.2. The number of primary sulfonamides is 1. The van der Waals surface area contributed by atoms with Crippen molar-refractivity contribution in [2.45, 2.75) is 18.0 Å². The Labute approximate surface area is 158 Å². The van der Waals surface area contributed by atoms with E-state index in [2.05, 4.69) is 10.6 Å². The van der Waals surface area contributed by atoms with Crippen molar-refractivity contribution in [3.8, 4) is 0 Å². The van der Waals surface area contributed by atoms with Gasteiger partial charge in [-0.15, -0.1) is 0 Å². The van der Waals surface area contributed by atoms with Crippen LogP contribution in [0.15, 0.2) is 77.7 Å². The lowest BCUT2D eigenvalue weighted by atomic mass is 10.1. The molecule has 0 saturated heterocycles. The van der Waals surface area contributed by atoms with Gasteiger partial charge in [0.25, 0.3) is 0 Å². The Morgan fingerprint density at radius 3 is 2.11 bits per heavy atom. The highest BCUT2D eigenvalue weighted by molar-refractivity contribution is 7.89. The minimum atomic E-state index is -4.01. The van der Waals surface area contributed by atoms with Crippen LogP contribution >= 0.6 is 0 Å². The van der Waals surface area contributed by atoms with Gasteiger partial charge in [-0.1, -0.05) is 48.5 Å². The summed E-state index contributed by atoms with van der Waals surface area (Å²) in [5, 5.41) is 21.3. The van der Waals surface area contributed by atoms with Crippen molar-refractivity contribution in [3.05, 3.63) is 83.9 Å². The monoisotopic (exact) mass is 383 g/mol. The van der Waals surface area contributed by atoms with E-state index in [0.717, 1.165) is 11.3 Å². The summed E-state index contributed by atoms with van der Waals surface area (Å²) in [4.78, 5) is -0.0755. The lowest BCUT2D eigenvalue weighted by Crippen LogP contribution is -2.16. The van der Waals surface area contributed by atoms with E-state index in [1.54, 1.807) is 6.07 Å². The molecule has 3 aromatic carbocycles. The lowest BCUT2D eigenvalue weighted by Gasteiger charge is -2.19. The van der Waals surface area contributed by atoms with E-state index in [-0.39, 0.29) is 11.5 Å². The van der Waals surface area contributed by atoms with Crippen LogP contribution in [0.2, 0.25) is 0 Å². The zero-order chi connectivity index (χ0) is 19.3. The topological polar surface area (TPSA) is 104 Å². The Balaban J connectivity index is 2.05. The molecule has 0 spiro atoms. The fourth-order valence-electron chi connectivity index (χ4n) is 2.72. The largest absolute Gasteiger partial charge is 0.392 e. The molecule has 0 aliphatic rings. The van der Waals surface area contributed by atoms with Gasteiger partial charge in [0, 0.05) is 12.2 Å².